The van der Waals surface area contributed by atoms with Gasteiger partial charge in [0.25, 0.3) is 5.56 Å². The third-order valence-corrected chi connectivity index (χ3v) is 6.35. The first kappa shape index (κ1) is 24.0. The number of carbonyl (C=O) groups is 1. The zero-order valence-electron chi connectivity index (χ0n) is 19.7. The highest BCUT2D eigenvalue weighted by Gasteiger charge is 2.18. The molecule has 1 amide bonds. The average molecular weight is 480 g/mol. The molecule has 8 heteroatoms. The van der Waals surface area contributed by atoms with Crippen LogP contribution in [-0.2, 0) is 22.5 Å². The normalized spacial score (nSPS) is 11.5. The van der Waals surface area contributed by atoms with Gasteiger partial charge in [0.05, 0.1) is 11.9 Å². The number of para-hydroxylation sites is 1. The van der Waals surface area contributed by atoms with Gasteiger partial charge in [0.2, 0.25) is 11.5 Å². The molecule has 0 fully saturated rings. The van der Waals surface area contributed by atoms with E-state index in [9.17, 15) is 9.59 Å². The molecule has 178 valence electrons. The van der Waals surface area contributed by atoms with Gasteiger partial charge in [-0.05, 0) is 56.5 Å². The van der Waals surface area contributed by atoms with Gasteiger partial charge < -0.3 is 14.5 Å². The fourth-order valence-corrected chi connectivity index (χ4v) is 4.52. The molecule has 0 spiro atoms. The standard InChI is InChI=1S/C26H29N3O4S/c1-4-18-9-7-10-19(15-18)27-22(30)16-34-26-28-23-20-11-5-6-12-21(20)33-24(23)25(31)29(26)13-8-14-32-17(2)3/h5-7,9-12,15,17H,4,8,13-14,16H2,1-3H3,(H,27,30). The van der Waals surface area contributed by atoms with Crippen molar-refractivity contribution in [3.8, 4) is 0 Å². The Bertz CT molecular complexity index is 1360. The first-order valence-corrected chi connectivity index (χ1v) is 12.5. The summed E-state index contributed by atoms with van der Waals surface area (Å²) < 4.78 is 13.1. The van der Waals surface area contributed by atoms with Crippen LogP contribution in [0, 0.1) is 0 Å². The Balaban J connectivity index is 1.59. The summed E-state index contributed by atoms with van der Waals surface area (Å²) in [7, 11) is 0. The second-order valence-electron chi connectivity index (χ2n) is 8.29. The fraction of sp³-hybridized carbons (Fsp3) is 0.346. The maximum absolute atomic E-state index is 13.3. The van der Waals surface area contributed by atoms with Gasteiger partial charge in [-0.15, -0.1) is 0 Å². The third-order valence-electron chi connectivity index (χ3n) is 5.38. The van der Waals surface area contributed by atoms with Gasteiger partial charge in [-0.3, -0.25) is 14.2 Å². The second-order valence-corrected chi connectivity index (χ2v) is 9.23. The van der Waals surface area contributed by atoms with E-state index in [4.69, 9.17) is 14.1 Å². The summed E-state index contributed by atoms with van der Waals surface area (Å²) in [6.45, 7) is 6.98. The highest BCUT2D eigenvalue weighted by Crippen LogP contribution is 2.27. The molecule has 2 heterocycles. The minimum atomic E-state index is -0.246. The van der Waals surface area contributed by atoms with E-state index in [0.717, 1.165) is 23.1 Å². The van der Waals surface area contributed by atoms with E-state index in [0.29, 0.717) is 35.8 Å². The van der Waals surface area contributed by atoms with Crippen molar-refractivity contribution >= 4 is 45.4 Å². The third kappa shape index (κ3) is 5.51. The molecule has 4 aromatic rings. The van der Waals surface area contributed by atoms with E-state index in [1.54, 1.807) is 4.57 Å². The number of aromatic nitrogens is 2. The maximum atomic E-state index is 13.3. The molecule has 0 aliphatic heterocycles. The molecule has 0 radical (unpaired) electrons. The molecule has 1 N–H and O–H groups in total. The summed E-state index contributed by atoms with van der Waals surface area (Å²) in [5.74, 6) is -0.0219. The van der Waals surface area contributed by atoms with Crippen LogP contribution in [0.25, 0.3) is 22.1 Å². The van der Waals surface area contributed by atoms with Crippen molar-refractivity contribution < 1.29 is 13.9 Å². The minimum Gasteiger partial charge on any atom is -0.448 e. The number of fused-ring (bicyclic) bond motifs is 3. The molecule has 0 aliphatic rings. The Hall–Kier alpha value is -3.10. The number of aryl methyl sites for hydroxylation is 1. The summed E-state index contributed by atoms with van der Waals surface area (Å²) in [5.41, 5.74) is 3.04. The van der Waals surface area contributed by atoms with Gasteiger partial charge in [0.15, 0.2) is 5.16 Å². The van der Waals surface area contributed by atoms with E-state index in [1.165, 1.54) is 11.8 Å². The highest BCUT2D eigenvalue weighted by atomic mass is 32.2. The van der Waals surface area contributed by atoms with Gasteiger partial charge >= 0.3 is 0 Å². The van der Waals surface area contributed by atoms with Gasteiger partial charge in [-0.2, -0.15) is 0 Å². The number of amides is 1. The van der Waals surface area contributed by atoms with Crippen molar-refractivity contribution in [3.63, 3.8) is 0 Å². The molecule has 0 atom stereocenters. The van der Waals surface area contributed by atoms with Crippen LogP contribution in [0.2, 0.25) is 0 Å². The minimum absolute atomic E-state index is 0.122. The number of carbonyl (C=O) groups excluding carboxylic acids is 1. The molecule has 0 bridgehead atoms. The van der Waals surface area contributed by atoms with Gasteiger partial charge in [-0.25, -0.2) is 4.98 Å². The van der Waals surface area contributed by atoms with E-state index in [2.05, 4.69) is 12.2 Å². The molecule has 2 aromatic heterocycles. The number of benzene rings is 2. The van der Waals surface area contributed by atoms with Crippen LogP contribution in [0.5, 0.6) is 0 Å². The zero-order valence-corrected chi connectivity index (χ0v) is 20.5. The summed E-state index contributed by atoms with van der Waals surface area (Å²) in [6.07, 6.45) is 1.67. The van der Waals surface area contributed by atoms with Gasteiger partial charge in [0, 0.05) is 24.2 Å². The molecule has 4 rings (SSSR count). The van der Waals surface area contributed by atoms with Crippen molar-refractivity contribution in [3.05, 3.63) is 64.4 Å². The molecule has 0 saturated carbocycles. The van der Waals surface area contributed by atoms with Crippen LogP contribution in [0.1, 0.15) is 32.8 Å². The molecule has 0 unspecified atom stereocenters. The van der Waals surface area contributed by atoms with Gasteiger partial charge in [-0.1, -0.05) is 43.0 Å². The zero-order chi connectivity index (χ0) is 24.1. The predicted molar refractivity (Wildman–Crippen MR) is 137 cm³/mol. The smallest absolute Gasteiger partial charge is 0.297 e. The number of nitrogens with one attached hydrogen (secondary N) is 1. The largest absolute Gasteiger partial charge is 0.448 e. The molecular formula is C26H29N3O4S. The maximum Gasteiger partial charge on any atom is 0.297 e. The quantitative estimate of drug-likeness (QED) is 0.190. The molecule has 2 aromatic carbocycles. The number of anilines is 1. The Morgan fingerprint density at radius 2 is 2.03 bits per heavy atom. The van der Waals surface area contributed by atoms with Crippen LogP contribution < -0.4 is 10.9 Å². The number of furan rings is 1. The van der Waals surface area contributed by atoms with E-state index in [1.807, 2.05) is 62.4 Å². The Morgan fingerprint density at radius 1 is 1.21 bits per heavy atom. The second kappa shape index (κ2) is 10.9. The van der Waals surface area contributed by atoms with Crippen LogP contribution in [0.3, 0.4) is 0 Å². The molecule has 34 heavy (non-hydrogen) atoms. The molecular weight excluding hydrogens is 450 g/mol. The first-order valence-electron chi connectivity index (χ1n) is 11.5. The lowest BCUT2D eigenvalue weighted by atomic mass is 10.1. The van der Waals surface area contributed by atoms with Crippen molar-refractivity contribution in [1.82, 2.24) is 9.55 Å². The van der Waals surface area contributed by atoms with E-state index in [-0.39, 0.29) is 28.9 Å². The Morgan fingerprint density at radius 3 is 2.82 bits per heavy atom. The summed E-state index contributed by atoms with van der Waals surface area (Å²) in [4.78, 5) is 30.7. The van der Waals surface area contributed by atoms with Crippen molar-refractivity contribution in [1.29, 1.82) is 0 Å². The molecule has 0 saturated heterocycles. The summed E-state index contributed by atoms with van der Waals surface area (Å²) >= 11 is 1.25. The number of ether oxygens (including phenoxy) is 1. The van der Waals surface area contributed by atoms with Crippen LogP contribution >= 0.6 is 11.8 Å². The van der Waals surface area contributed by atoms with Crippen LogP contribution in [-0.4, -0.2) is 33.9 Å². The summed E-state index contributed by atoms with van der Waals surface area (Å²) in [5, 5.41) is 4.21. The average Bonchev–Trinajstić information content (AvgIpc) is 3.20. The number of hydrogen-bond donors (Lipinski definition) is 1. The number of nitrogens with zero attached hydrogens (tertiary/aromatic N) is 2. The lowest BCUT2D eigenvalue weighted by molar-refractivity contribution is -0.113. The number of thioether (sulfide) groups is 1. The highest BCUT2D eigenvalue weighted by molar-refractivity contribution is 7.99. The molecule has 7 nitrogen and oxygen atoms in total. The van der Waals surface area contributed by atoms with E-state index >= 15 is 0 Å². The SMILES string of the molecule is CCc1cccc(NC(=O)CSc2nc3c(oc4ccccc43)c(=O)n2CCCOC(C)C)c1. The van der Waals surface area contributed by atoms with Gasteiger partial charge in [0.1, 0.15) is 11.1 Å². The number of hydrogen-bond acceptors (Lipinski definition) is 6. The Kier molecular flexibility index (Phi) is 7.70. The predicted octanol–water partition coefficient (Wildman–Crippen LogP) is 5.25. The van der Waals surface area contributed by atoms with Crippen molar-refractivity contribution in [2.45, 2.75) is 51.4 Å². The summed E-state index contributed by atoms with van der Waals surface area (Å²) in [6, 6.07) is 15.2. The first-order chi connectivity index (χ1) is 16.5. The van der Waals surface area contributed by atoms with Crippen LogP contribution in [0.15, 0.2) is 62.9 Å². The number of rotatable bonds is 10. The Labute approximate surface area is 202 Å². The topological polar surface area (TPSA) is 86.4 Å². The lowest BCUT2D eigenvalue weighted by Crippen LogP contribution is -2.24. The van der Waals surface area contributed by atoms with E-state index < -0.39 is 0 Å². The fourth-order valence-electron chi connectivity index (χ4n) is 3.70. The van der Waals surface area contributed by atoms with Crippen molar-refractivity contribution in [2.75, 3.05) is 17.7 Å². The van der Waals surface area contributed by atoms with Crippen LogP contribution in [0.4, 0.5) is 5.69 Å². The lowest BCUT2D eigenvalue weighted by Gasteiger charge is -2.13. The monoisotopic (exact) mass is 479 g/mol. The molecule has 0 aliphatic carbocycles. The van der Waals surface area contributed by atoms with Crippen molar-refractivity contribution in [2.24, 2.45) is 0 Å².